The van der Waals surface area contributed by atoms with Crippen LogP contribution in [0.25, 0.3) is 0 Å². The molecule has 1 aromatic heterocycles. The molecule has 4 bridgehead atoms. The number of hydrogen-bond acceptors (Lipinski definition) is 2. The minimum Gasteiger partial charge on any atom is -0.477 e. The molecule has 4 fully saturated rings. The number of nitrogens with zero attached hydrogens (tertiary/aromatic N) is 1. The Labute approximate surface area is 112 Å². The Kier molecular flexibility index (Phi) is 2.32. The van der Waals surface area contributed by atoms with E-state index in [1.807, 2.05) is 0 Å². The summed E-state index contributed by atoms with van der Waals surface area (Å²) in [6, 6.07) is 0. The highest BCUT2D eigenvalue weighted by molar-refractivity contribution is 5.84. The normalized spacial score (nSPS) is 39.7. The fourth-order valence-corrected chi connectivity index (χ4v) is 5.42. The number of aromatic nitrogens is 2. The zero-order chi connectivity index (χ0) is 13.0. The summed E-state index contributed by atoms with van der Waals surface area (Å²) in [6.07, 6.45) is 10.7. The average molecular weight is 260 g/mol. The molecule has 0 radical (unpaired) electrons. The molecule has 0 aliphatic heterocycles. The highest BCUT2D eigenvalue weighted by atomic mass is 16.4. The van der Waals surface area contributed by atoms with Crippen LogP contribution in [0.3, 0.4) is 0 Å². The van der Waals surface area contributed by atoms with Gasteiger partial charge in [-0.3, -0.25) is 0 Å². The van der Waals surface area contributed by atoms with E-state index in [4.69, 9.17) is 5.11 Å². The number of imidazole rings is 1. The first-order valence-corrected chi connectivity index (χ1v) is 7.39. The molecule has 0 amide bonds. The van der Waals surface area contributed by atoms with Gasteiger partial charge in [0.2, 0.25) is 0 Å². The second-order valence-corrected chi connectivity index (χ2v) is 7.14. The van der Waals surface area contributed by atoms with Gasteiger partial charge < -0.3 is 10.1 Å². The molecule has 0 spiro atoms. The van der Waals surface area contributed by atoms with Gasteiger partial charge in [0, 0.05) is 6.42 Å². The Morgan fingerprint density at radius 2 is 1.84 bits per heavy atom. The Bertz CT molecular complexity index is 485. The molecule has 5 rings (SSSR count). The SMILES string of the molecule is O=C(O)c1cnc(CC23CC4CC(CC(C4)C2)C3)[nH]1. The predicted molar refractivity (Wildman–Crippen MR) is 69.9 cm³/mol. The van der Waals surface area contributed by atoms with Crippen LogP contribution in [0.4, 0.5) is 0 Å². The minimum absolute atomic E-state index is 0.222. The average Bonchev–Trinajstić information content (AvgIpc) is 2.74. The lowest BCUT2D eigenvalue weighted by Gasteiger charge is -2.56. The summed E-state index contributed by atoms with van der Waals surface area (Å²) in [5.41, 5.74) is 0.641. The summed E-state index contributed by atoms with van der Waals surface area (Å²) in [7, 11) is 0. The van der Waals surface area contributed by atoms with Crippen molar-refractivity contribution in [2.45, 2.75) is 44.9 Å². The number of carbonyl (C=O) groups is 1. The monoisotopic (exact) mass is 260 g/mol. The van der Waals surface area contributed by atoms with Crippen LogP contribution in [-0.2, 0) is 6.42 Å². The number of carboxylic acids is 1. The standard InChI is InChI=1S/C15H20N2O2/c18-14(19)12-8-16-13(17-12)7-15-4-9-1-10(5-15)3-11(2-9)6-15/h8-11H,1-7H2,(H,16,17)(H,18,19). The summed E-state index contributed by atoms with van der Waals surface area (Å²) in [5, 5.41) is 8.96. The molecule has 0 atom stereocenters. The van der Waals surface area contributed by atoms with Gasteiger partial charge in [-0.05, 0) is 61.7 Å². The topological polar surface area (TPSA) is 66.0 Å². The molecule has 0 unspecified atom stereocenters. The molecule has 4 heteroatoms. The van der Waals surface area contributed by atoms with Crippen molar-refractivity contribution in [2.75, 3.05) is 0 Å². The van der Waals surface area contributed by atoms with Gasteiger partial charge in [0.25, 0.3) is 0 Å². The first kappa shape index (κ1) is 11.5. The lowest BCUT2D eigenvalue weighted by atomic mass is 9.49. The van der Waals surface area contributed by atoms with E-state index < -0.39 is 5.97 Å². The Morgan fingerprint density at radius 3 is 2.32 bits per heavy atom. The molecule has 0 aromatic carbocycles. The van der Waals surface area contributed by atoms with Crippen molar-refractivity contribution in [1.82, 2.24) is 9.97 Å². The van der Waals surface area contributed by atoms with Crippen LogP contribution in [0.15, 0.2) is 6.20 Å². The van der Waals surface area contributed by atoms with Crippen LogP contribution in [0.2, 0.25) is 0 Å². The van der Waals surface area contributed by atoms with Crippen LogP contribution >= 0.6 is 0 Å². The molecule has 19 heavy (non-hydrogen) atoms. The number of aromatic carboxylic acids is 1. The maximum Gasteiger partial charge on any atom is 0.353 e. The van der Waals surface area contributed by atoms with Gasteiger partial charge in [0.1, 0.15) is 11.5 Å². The van der Waals surface area contributed by atoms with E-state index in [1.165, 1.54) is 44.7 Å². The third kappa shape index (κ3) is 1.88. The number of aromatic amines is 1. The van der Waals surface area contributed by atoms with Crippen LogP contribution in [0.5, 0.6) is 0 Å². The third-order valence-corrected chi connectivity index (χ3v) is 5.57. The van der Waals surface area contributed by atoms with Gasteiger partial charge in [0.05, 0.1) is 6.20 Å². The first-order valence-electron chi connectivity index (χ1n) is 7.39. The minimum atomic E-state index is -0.913. The fourth-order valence-electron chi connectivity index (χ4n) is 5.42. The van der Waals surface area contributed by atoms with Gasteiger partial charge >= 0.3 is 5.97 Å². The third-order valence-electron chi connectivity index (χ3n) is 5.57. The summed E-state index contributed by atoms with van der Waals surface area (Å²) < 4.78 is 0. The maximum absolute atomic E-state index is 10.9. The lowest BCUT2D eigenvalue weighted by molar-refractivity contribution is -0.0531. The van der Waals surface area contributed by atoms with Crippen molar-refractivity contribution in [2.24, 2.45) is 23.2 Å². The van der Waals surface area contributed by atoms with Crippen LogP contribution in [-0.4, -0.2) is 21.0 Å². The quantitative estimate of drug-likeness (QED) is 0.878. The predicted octanol–water partition coefficient (Wildman–Crippen LogP) is 2.87. The molecule has 2 N–H and O–H groups in total. The molecule has 1 heterocycles. The van der Waals surface area contributed by atoms with Gasteiger partial charge in [-0.25, -0.2) is 9.78 Å². The van der Waals surface area contributed by atoms with Crippen molar-refractivity contribution >= 4 is 5.97 Å². The highest BCUT2D eigenvalue weighted by Gasteiger charge is 2.50. The fraction of sp³-hybridized carbons (Fsp3) is 0.733. The summed E-state index contributed by atoms with van der Waals surface area (Å²) >= 11 is 0. The number of carboxylic acid groups (broad SMARTS) is 1. The van der Waals surface area contributed by atoms with Crippen LogP contribution in [0, 0.1) is 23.2 Å². The molecule has 102 valence electrons. The summed E-state index contributed by atoms with van der Waals surface area (Å²) in [4.78, 5) is 18.2. The summed E-state index contributed by atoms with van der Waals surface area (Å²) in [6.45, 7) is 0. The molecular formula is C15H20N2O2. The van der Waals surface area contributed by atoms with Crippen molar-refractivity contribution in [1.29, 1.82) is 0 Å². The van der Waals surface area contributed by atoms with Crippen molar-refractivity contribution < 1.29 is 9.90 Å². The van der Waals surface area contributed by atoms with Gasteiger partial charge in [0.15, 0.2) is 0 Å². The van der Waals surface area contributed by atoms with Gasteiger partial charge in [-0.2, -0.15) is 0 Å². The Hall–Kier alpha value is -1.32. The van der Waals surface area contributed by atoms with Crippen molar-refractivity contribution in [3.05, 3.63) is 17.7 Å². The van der Waals surface area contributed by atoms with E-state index in [0.29, 0.717) is 5.41 Å². The smallest absolute Gasteiger partial charge is 0.353 e. The van der Waals surface area contributed by atoms with E-state index >= 15 is 0 Å². The highest BCUT2D eigenvalue weighted by Crippen LogP contribution is 2.60. The maximum atomic E-state index is 10.9. The Morgan fingerprint density at radius 1 is 1.26 bits per heavy atom. The number of H-pyrrole nitrogens is 1. The van der Waals surface area contributed by atoms with E-state index in [1.54, 1.807) is 0 Å². The molecule has 4 aliphatic carbocycles. The number of rotatable bonds is 3. The van der Waals surface area contributed by atoms with Gasteiger partial charge in [-0.1, -0.05) is 0 Å². The largest absolute Gasteiger partial charge is 0.477 e. The van der Waals surface area contributed by atoms with E-state index in [2.05, 4.69) is 9.97 Å². The zero-order valence-electron chi connectivity index (χ0n) is 11.1. The first-order chi connectivity index (χ1) is 9.12. The van der Waals surface area contributed by atoms with E-state index in [-0.39, 0.29) is 5.69 Å². The second kappa shape index (κ2) is 3.84. The van der Waals surface area contributed by atoms with Crippen molar-refractivity contribution in [3.8, 4) is 0 Å². The number of hydrogen-bond donors (Lipinski definition) is 2. The second-order valence-electron chi connectivity index (χ2n) is 7.14. The summed E-state index contributed by atoms with van der Waals surface area (Å²) in [5.74, 6) is 2.75. The molecule has 4 nitrogen and oxygen atoms in total. The molecule has 4 aliphatic rings. The molecular weight excluding hydrogens is 240 g/mol. The lowest BCUT2D eigenvalue weighted by Crippen LogP contribution is -2.47. The molecule has 4 saturated carbocycles. The molecule has 0 saturated heterocycles. The van der Waals surface area contributed by atoms with Crippen molar-refractivity contribution in [3.63, 3.8) is 0 Å². The number of nitrogens with one attached hydrogen (secondary N) is 1. The molecule has 1 aromatic rings. The van der Waals surface area contributed by atoms with Gasteiger partial charge in [-0.15, -0.1) is 0 Å². The zero-order valence-corrected chi connectivity index (χ0v) is 11.1. The Balaban J connectivity index is 1.57. The van der Waals surface area contributed by atoms with E-state index in [0.717, 1.165) is 30.0 Å². The van der Waals surface area contributed by atoms with Crippen LogP contribution in [0.1, 0.15) is 54.8 Å². The van der Waals surface area contributed by atoms with E-state index in [9.17, 15) is 4.79 Å². The van der Waals surface area contributed by atoms with Crippen LogP contribution < -0.4 is 0 Å².